The number of nitrogens with one attached hydrogen (secondary N) is 1. The van der Waals surface area contributed by atoms with Gasteiger partial charge in [-0.05, 0) is 36.6 Å². The molecule has 1 aliphatic carbocycles. The van der Waals surface area contributed by atoms with E-state index in [2.05, 4.69) is 15.4 Å². The summed E-state index contributed by atoms with van der Waals surface area (Å²) in [6.45, 7) is 0.205. The van der Waals surface area contributed by atoms with E-state index < -0.39 is 29.7 Å². The molecule has 1 amide bonds. The number of aryl methyl sites for hydroxylation is 1. The highest BCUT2D eigenvalue weighted by atomic mass is 19.1. The third-order valence-corrected chi connectivity index (χ3v) is 6.39. The normalized spacial score (nSPS) is 18.4. The van der Waals surface area contributed by atoms with E-state index in [1.165, 1.54) is 10.8 Å². The molecule has 2 N–H and O–H groups in total. The fourth-order valence-corrected chi connectivity index (χ4v) is 4.62. The molecule has 0 aliphatic heterocycles. The van der Waals surface area contributed by atoms with Crippen LogP contribution >= 0.6 is 0 Å². The second-order valence-corrected chi connectivity index (χ2v) is 8.81. The molecule has 3 heterocycles. The van der Waals surface area contributed by atoms with E-state index in [1.807, 2.05) is 25.4 Å². The van der Waals surface area contributed by atoms with Crippen LogP contribution in [-0.2, 0) is 13.6 Å². The smallest absolute Gasteiger partial charge is 0.253 e. The summed E-state index contributed by atoms with van der Waals surface area (Å²) in [7, 11) is 1.82. The first-order valence-electron chi connectivity index (χ1n) is 11.3. The van der Waals surface area contributed by atoms with E-state index in [0.29, 0.717) is 12.8 Å². The Kier molecular flexibility index (Phi) is 5.87. The van der Waals surface area contributed by atoms with Crippen LogP contribution in [0.2, 0.25) is 0 Å². The number of rotatable bonds is 5. The van der Waals surface area contributed by atoms with E-state index in [0.717, 1.165) is 41.8 Å². The molecule has 176 valence electrons. The number of halogens is 2. The number of carbonyl (C=O) groups excluding carboxylic acids is 1. The minimum atomic E-state index is -0.672. The summed E-state index contributed by atoms with van der Waals surface area (Å²) < 4.78 is 32.9. The summed E-state index contributed by atoms with van der Waals surface area (Å²) in [6, 6.07) is 5.38. The Morgan fingerprint density at radius 2 is 1.91 bits per heavy atom. The lowest BCUT2D eigenvalue weighted by molar-refractivity contribution is 0.0718. The number of aliphatic hydroxyl groups excluding tert-OH is 1. The van der Waals surface area contributed by atoms with Crippen LogP contribution in [0.3, 0.4) is 0 Å². The van der Waals surface area contributed by atoms with Crippen molar-refractivity contribution in [1.29, 1.82) is 0 Å². The minimum absolute atomic E-state index is 0.0191. The molecule has 5 rings (SSSR count). The largest absolute Gasteiger partial charge is 0.391 e. The number of aromatic nitrogens is 4. The Balaban J connectivity index is 1.47. The molecule has 1 fully saturated rings. The maximum absolute atomic E-state index is 14.8. The third kappa shape index (κ3) is 4.19. The van der Waals surface area contributed by atoms with Crippen LogP contribution < -0.4 is 5.32 Å². The molecule has 3 aromatic heterocycles. The molecule has 0 saturated heterocycles. The van der Waals surface area contributed by atoms with Crippen molar-refractivity contribution in [3.63, 3.8) is 0 Å². The Morgan fingerprint density at radius 3 is 2.62 bits per heavy atom. The van der Waals surface area contributed by atoms with Gasteiger partial charge < -0.3 is 15.0 Å². The summed E-state index contributed by atoms with van der Waals surface area (Å²) in [5.41, 5.74) is 2.45. The number of hydrogen-bond acceptors (Lipinski definition) is 4. The van der Waals surface area contributed by atoms with E-state index in [4.69, 9.17) is 0 Å². The van der Waals surface area contributed by atoms with Crippen LogP contribution in [0.25, 0.3) is 22.2 Å². The van der Waals surface area contributed by atoms with Crippen molar-refractivity contribution in [2.75, 3.05) is 0 Å². The van der Waals surface area contributed by atoms with Gasteiger partial charge in [0.15, 0.2) is 0 Å². The van der Waals surface area contributed by atoms with Crippen LogP contribution in [0, 0.1) is 11.6 Å². The van der Waals surface area contributed by atoms with E-state index in [-0.39, 0.29) is 23.0 Å². The SMILES string of the molecule is Cn1cc(-c2ccc(Cn3cc(C(=O)N[C@H]4CCCC[C@@H]4O)c4c(F)ccc(F)c43)cn2)cn1. The summed E-state index contributed by atoms with van der Waals surface area (Å²) >= 11 is 0. The molecule has 2 atom stereocenters. The van der Waals surface area contributed by atoms with Crippen LogP contribution in [0.5, 0.6) is 0 Å². The molecule has 0 unspecified atom stereocenters. The second kappa shape index (κ2) is 8.98. The molecule has 4 aromatic rings. The highest BCUT2D eigenvalue weighted by molar-refractivity contribution is 6.07. The van der Waals surface area contributed by atoms with Gasteiger partial charge in [-0.2, -0.15) is 5.10 Å². The fourth-order valence-electron chi connectivity index (χ4n) is 4.62. The van der Waals surface area contributed by atoms with E-state index in [1.54, 1.807) is 17.1 Å². The van der Waals surface area contributed by atoms with Gasteiger partial charge in [0, 0.05) is 37.7 Å². The number of fused-ring (bicyclic) bond motifs is 1. The van der Waals surface area contributed by atoms with Crippen molar-refractivity contribution in [3.8, 4) is 11.3 Å². The van der Waals surface area contributed by atoms with Gasteiger partial charge >= 0.3 is 0 Å². The van der Waals surface area contributed by atoms with Gasteiger partial charge in [0.25, 0.3) is 5.91 Å². The molecule has 7 nitrogen and oxygen atoms in total. The van der Waals surface area contributed by atoms with Gasteiger partial charge in [0.2, 0.25) is 0 Å². The lowest BCUT2D eigenvalue weighted by Gasteiger charge is -2.28. The predicted molar refractivity (Wildman–Crippen MR) is 123 cm³/mol. The van der Waals surface area contributed by atoms with Crippen molar-refractivity contribution in [3.05, 3.63) is 71.8 Å². The molecule has 1 aliphatic rings. The summed E-state index contributed by atoms with van der Waals surface area (Å²) in [4.78, 5) is 17.5. The van der Waals surface area contributed by atoms with Gasteiger partial charge in [-0.25, -0.2) is 8.78 Å². The predicted octanol–water partition coefficient (Wildman–Crippen LogP) is 3.80. The van der Waals surface area contributed by atoms with Crippen LogP contribution in [-0.4, -0.2) is 42.5 Å². The maximum Gasteiger partial charge on any atom is 0.253 e. The average molecular weight is 466 g/mol. The quantitative estimate of drug-likeness (QED) is 0.470. The lowest BCUT2D eigenvalue weighted by Crippen LogP contribution is -2.45. The van der Waals surface area contributed by atoms with Crippen LogP contribution in [0.4, 0.5) is 8.78 Å². The Bertz CT molecular complexity index is 1350. The first-order chi connectivity index (χ1) is 16.4. The average Bonchev–Trinajstić information content (AvgIpc) is 3.43. The minimum Gasteiger partial charge on any atom is -0.391 e. The highest BCUT2D eigenvalue weighted by Gasteiger charge is 2.27. The lowest BCUT2D eigenvalue weighted by atomic mass is 9.92. The van der Waals surface area contributed by atoms with Crippen molar-refractivity contribution < 1.29 is 18.7 Å². The molecule has 9 heteroatoms. The first-order valence-corrected chi connectivity index (χ1v) is 11.3. The standard InChI is InChI=1S/C25H25F2N5O2/c1-31-13-16(11-29-31)20-9-6-15(10-28-20)12-32-14-17(23-18(26)7-8-19(27)24(23)32)25(34)30-21-4-2-3-5-22(21)33/h6-11,13-14,21-22,33H,2-5,12H2,1H3,(H,30,34)/t21-,22-/m0/s1. The zero-order valence-electron chi connectivity index (χ0n) is 18.7. The third-order valence-electron chi connectivity index (χ3n) is 6.39. The molecule has 1 saturated carbocycles. The first kappa shape index (κ1) is 22.2. The van der Waals surface area contributed by atoms with Crippen molar-refractivity contribution in [2.24, 2.45) is 7.05 Å². The van der Waals surface area contributed by atoms with Crippen molar-refractivity contribution in [1.82, 2.24) is 24.6 Å². The number of carbonyl (C=O) groups is 1. The van der Waals surface area contributed by atoms with Crippen LogP contribution in [0.1, 0.15) is 41.6 Å². The van der Waals surface area contributed by atoms with Gasteiger partial charge in [0.1, 0.15) is 11.6 Å². The zero-order chi connectivity index (χ0) is 23.8. The maximum atomic E-state index is 14.8. The number of hydrogen-bond donors (Lipinski definition) is 2. The number of pyridine rings is 1. The molecule has 0 spiro atoms. The molecular formula is C25H25F2N5O2. The van der Waals surface area contributed by atoms with E-state index in [9.17, 15) is 18.7 Å². The monoisotopic (exact) mass is 465 g/mol. The van der Waals surface area contributed by atoms with Crippen molar-refractivity contribution >= 4 is 16.8 Å². The Morgan fingerprint density at radius 1 is 1.12 bits per heavy atom. The van der Waals surface area contributed by atoms with Crippen molar-refractivity contribution in [2.45, 2.75) is 44.4 Å². The Hall–Kier alpha value is -3.59. The van der Waals surface area contributed by atoms with Crippen LogP contribution in [0.15, 0.2) is 49.1 Å². The summed E-state index contributed by atoms with van der Waals surface area (Å²) in [5.74, 6) is -1.81. The number of amides is 1. The van der Waals surface area contributed by atoms with Gasteiger partial charge in [-0.15, -0.1) is 0 Å². The van der Waals surface area contributed by atoms with Gasteiger partial charge in [0.05, 0.1) is 40.5 Å². The molecule has 0 bridgehead atoms. The highest BCUT2D eigenvalue weighted by Crippen LogP contribution is 2.29. The topological polar surface area (TPSA) is 85.0 Å². The fraction of sp³-hybridized carbons (Fsp3) is 0.320. The summed E-state index contributed by atoms with van der Waals surface area (Å²) in [5, 5.41) is 17.1. The number of nitrogens with zero attached hydrogens (tertiary/aromatic N) is 4. The van der Waals surface area contributed by atoms with Gasteiger partial charge in [-0.1, -0.05) is 18.9 Å². The molecule has 34 heavy (non-hydrogen) atoms. The van der Waals surface area contributed by atoms with E-state index >= 15 is 0 Å². The Labute approximate surface area is 195 Å². The number of benzene rings is 1. The molecule has 0 radical (unpaired) electrons. The molecular weight excluding hydrogens is 440 g/mol. The second-order valence-electron chi connectivity index (χ2n) is 8.81. The zero-order valence-corrected chi connectivity index (χ0v) is 18.7. The summed E-state index contributed by atoms with van der Waals surface area (Å²) in [6.07, 6.45) is 9.13. The van der Waals surface area contributed by atoms with Gasteiger partial charge in [-0.3, -0.25) is 14.5 Å². The molecule has 1 aromatic carbocycles. The number of aliphatic hydroxyl groups is 1.